The number of methoxy groups -OCH3 is 1. The minimum Gasteiger partial charge on any atom is -0.493 e. The fourth-order valence-corrected chi connectivity index (χ4v) is 2.88. The molecule has 0 heterocycles. The van der Waals surface area contributed by atoms with Crippen molar-refractivity contribution >= 4 is 5.91 Å². The van der Waals surface area contributed by atoms with E-state index in [1.165, 1.54) is 5.56 Å². The van der Waals surface area contributed by atoms with Crippen LogP contribution in [0.5, 0.6) is 17.2 Å². The topological polar surface area (TPSA) is 56.8 Å². The summed E-state index contributed by atoms with van der Waals surface area (Å²) in [6.07, 6.45) is 0.114. The molecule has 0 saturated carbocycles. The lowest BCUT2D eigenvalue weighted by Gasteiger charge is -2.19. The van der Waals surface area contributed by atoms with E-state index in [-0.39, 0.29) is 12.0 Å². The Kier molecular flexibility index (Phi) is 7.73. The molecule has 2 rings (SSSR count). The highest BCUT2D eigenvalue weighted by Crippen LogP contribution is 2.29. The molecule has 0 aromatic heterocycles. The van der Waals surface area contributed by atoms with Crippen LogP contribution in [0.4, 0.5) is 0 Å². The Morgan fingerprint density at radius 2 is 1.71 bits per heavy atom. The summed E-state index contributed by atoms with van der Waals surface area (Å²) in [6, 6.07) is 11.6. The zero-order valence-corrected chi connectivity index (χ0v) is 17.7. The summed E-state index contributed by atoms with van der Waals surface area (Å²) < 4.78 is 17.1. The van der Waals surface area contributed by atoms with Crippen molar-refractivity contribution in [3.05, 3.63) is 53.1 Å². The molecule has 152 valence electrons. The van der Waals surface area contributed by atoms with Gasteiger partial charge < -0.3 is 19.5 Å². The van der Waals surface area contributed by atoms with Crippen molar-refractivity contribution in [1.82, 2.24) is 5.32 Å². The number of carbonyl (C=O) groups is 1. The van der Waals surface area contributed by atoms with Crippen molar-refractivity contribution in [3.8, 4) is 17.2 Å². The zero-order chi connectivity index (χ0) is 20.7. The minimum absolute atomic E-state index is 0.0622. The maximum absolute atomic E-state index is 12.6. The second-order valence-corrected chi connectivity index (χ2v) is 7.15. The van der Waals surface area contributed by atoms with Gasteiger partial charge in [-0.05, 0) is 63.4 Å². The van der Waals surface area contributed by atoms with Crippen LogP contribution < -0.4 is 19.5 Å². The molecule has 2 aromatic rings. The maximum Gasteiger partial charge on any atom is 0.261 e. The molecule has 5 heteroatoms. The first-order chi connectivity index (χ1) is 13.3. The van der Waals surface area contributed by atoms with Crippen LogP contribution in [0.1, 0.15) is 43.9 Å². The first-order valence-electron chi connectivity index (χ1n) is 9.69. The van der Waals surface area contributed by atoms with Gasteiger partial charge in [-0.25, -0.2) is 0 Å². The molecule has 28 heavy (non-hydrogen) atoms. The third-order valence-electron chi connectivity index (χ3n) is 4.32. The molecule has 1 atom stereocenters. The lowest BCUT2D eigenvalue weighted by Crippen LogP contribution is -2.37. The molecular weight excluding hydrogens is 354 g/mol. The number of nitrogens with one attached hydrogen (secondary N) is 1. The van der Waals surface area contributed by atoms with Gasteiger partial charge in [-0.3, -0.25) is 4.79 Å². The third-order valence-corrected chi connectivity index (χ3v) is 4.32. The van der Waals surface area contributed by atoms with Crippen molar-refractivity contribution in [3.63, 3.8) is 0 Å². The highest BCUT2D eigenvalue weighted by Gasteiger charge is 2.19. The fraction of sp³-hybridized carbons (Fsp3) is 0.435. The van der Waals surface area contributed by atoms with E-state index in [0.29, 0.717) is 24.5 Å². The Balaban J connectivity index is 2.01. The molecule has 0 fully saturated rings. The molecule has 2 aromatic carbocycles. The first-order valence-corrected chi connectivity index (χ1v) is 9.69. The van der Waals surface area contributed by atoms with Crippen LogP contribution in [-0.2, 0) is 11.3 Å². The normalized spacial score (nSPS) is 11.8. The summed E-state index contributed by atoms with van der Waals surface area (Å²) in [5, 5.41) is 2.95. The molecule has 0 spiro atoms. The Bertz CT molecular complexity index is 801. The van der Waals surface area contributed by atoms with Gasteiger partial charge in [0.05, 0.1) is 13.2 Å². The van der Waals surface area contributed by atoms with Crippen molar-refractivity contribution in [1.29, 1.82) is 0 Å². The number of amides is 1. The number of rotatable bonds is 9. The van der Waals surface area contributed by atoms with Crippen molar-refractivity contribution in [2.24, 2.45) is 0 Å². The monoisotopic (exact) mass is 385 g/mol. The van der Waals surface area contributed by atoms with Gasteiger partial charge >= 0.3 is 0 Å². The summed E-state index contributed by atoms with van der Waals surface area (Å²) in [4.78, 5) is 12.6. The predicted molar refractivity (Wildman–Crippen MR) is 111 cm³/mol. The zero-order valence-electron chi connectivity index (χ0n) is 17.7. The molecule has 1 amide bonds. The van der Waals surface area contributed by atoms with Crippen LogP contribution in [0.25, 0.3) is 0 Å². The Morgan fingerprint density at radius 3 is 2.32 bits per heavy atom. The van der Waals surface area contributed by atoms with Gasteiger partial charge in [0.1, 0.15) is 5.75 Å². The van der Waals surface area contributed by atoms with Gasteiger partial charge in [0.15, 0.2) is 17.6 Å². The third kappa shape index (κ3) is 5.91. The summed E-state index contributed by atoms with van der Waals surface area (Å²) in [6.45, 7) is 10.3. The highest BCUT2D eigenvalue weighted by atomic mass is 16.5. The van der Waals surface area contributed by atoms with Crippen molar-refractivity contribution in [2.75, 3.05) is 7.11 Å². The molecule has 1 N–H and O–H groups in total. The number of hydrogen-bond donors (Lipinski definition) is 1. The summed E-state index contributed by atoms with van der Waals surface area (Å²) in [7, 11) is 1.61. The van der Waals surface area contributed by atoms with Gasteiger partial charge in [0.25, 0.3) is 5.91 Å². The fourth-order valence-electron chi connectivity index (χ4n) is 2.88. The average molecular weight is 386 g/mol. The molecule has 0 unspecified atom stereocenters. The molecule has 0 aliphatic rings. The van der Waals surface area contributed by atoms with E-state index in [2.05, 4.69) is 5.32 Å². The molecular formula is C23H31NO4. The second-order valence-electron chi connectivity index (χ2n) is 7.15. The molecule has 0 aliphatic heterocycles. The highest BCUT2D eigenvalue weighted by molar-refractivity contribution is 5.81. The standard InChI is InChI=1S/C23H31NO4/c1-7-19(28-20-10-8-16(4)12-17(20)5)23(25)24-14-18-9-11-21(27-15(2)3)22(13-18)26-6/h8-13,15,19H,7,14H2,1-6H3,(H,24,25)/t19-/m0/s1. The Labute approximate surface area is 168 Å². The molecule has 0 aliphatic carbocycles. The largest absolute Gasteiger partial charge is 0.493 e. The van der Waals surface area contributed by atoms with Crippen molar-refractivity contribution in [2.45, 2.75) is 59.8 Å². The molecule has 0 saturated heterocycles. The van der Waals surface area contributed by atoms with E-state index in [1.807, 2.05) is 71.0 Å². The average Bonchev–Trinajstić information content (AvgIpc) is 2.66. The van der Waals surface area contributed by atoms with Crippen LogP contribution in [0, 0.1) is 13.8 Å². The van der Waals surface area contributed by atoms with Crippen molar-refractivity contribution < 1.29 is 19.0 Å². The van der Waals surface area contributed by atoms with Gasteiger partial charge in [-0.1, -0.05) is 30.7 Å². The number of benzene rings is 2. The molecule has 5 nitrogen and oxygen atoms in total. The Morgan fingerprint density at radius 1 is 1.00 bits per heavy atom. The molecule has 0 radical (unpaired) electrons. The van der Waals surface area contributed by atoms with Gasteiger partial charge in [0.2, 0.25) is 0 Å². The predicted octanol–water partition coefficient (Wildman–Crippen LogP) is 4.57. The number of ether oxygens (including phenoxy) is 3. The van der Waals surface area contributed by atoms with Crippen LogP contribution in [0.2, 0.25) is 0 Å². The van der Waals surface area contributed by atoms with Gasteiger partial charge in [-0.15, -0.1) is 0 Å². The van der Waals surface area contributed by atoms with E-state index in [9.17, 15) is 4.79 Å². The SMILES string of the molecule is CC[C@H](Oc1ccc(C)cc1C)C(=O)NCc1ccc(OC(C)C)c(OC)c1. The van der Waals surface area contributed by atoms with Crippen LogP contribution in [-0.4, -0.2) is 25.2 Å². The number of aryl methyl sites for hydroxylation is 2. The van der Waals surface area contributed by atoms with E-state index in [0.717, 1.165) is 16.9 Å². The Hall–Kier alpha value is -2.69. The lowest BCUT2D eigenvalue weighted by molar-refractivity contribution is -0.128. The smallest absolute Gasteiger partial charge is 0.261 e. The first kappa shape index (κ1) is 21.6. The number of carbonyl (C=O) groups excluding carboxylic acids is 1. The quantitative estimate of drug-likeness (QED) is 0.687. The van der Waals surface area contributed by atoms with Crippen LogP contribution >= 0.6 is 0 Å². The summed E-state index contributed by atoms with van der Waals surface area (Å²) in [5.74, 6) is 1.95. The summed E-state index contributed by atoms with van der Waals surface area (Å²) in [5.41, 5.74) is 3.13. The lowest BCUT2D eigenvalue weighted by atomic mass is 10.1. The minimum atomic E-state index is -0.535. The maximum atomic E-state index is 12.6. The van der Waals surface area contributed by atoms with Gasteiger partial charge in [0, 0.05) is 6.54 Å². The van der Waals surface area contributed by atoms with E-state index in [1.54, 1.807) is 7.11 Å². The van der Waals surface area contributed by atoms with E-state index >= 15 is 0 Å². The van der Waals surface area contributed by atoms with E-state index < -0.39 is 6.10 Å². The van der Waals surface area contributed by atoms with Crippen LogP contribution in [0.15, 0.2) is 36.4 Å². The summed E-state index contributed by atoms with van der Waals surface area (Å²) >= 11 is 0. The van der Waals surface area contributed by atoms with Gasteiger partial charge in [-0.2, -0.15) is 0 Å². The van der Waals surface area contributed by atoms with Crippen LogP contribution in [0.3, 0.4) is 0 Å². The second kappa shape index (κ2) is 10.0. The molecule has 0 bridgehead atoms. The number of hydrogen-bond acceptors (Lipinski definition) is 4. The van der Waals surface area contributed by atoms with E-state index in [4.69, 9.17) is 14.2 Å².